The molecule has 0 aliphatic carbocycles. The van der Waals surface area contributed by atoms with Crippen molar-refractivity contribution in [3.63, 3.8) is 0 Å². The first-order chi connectivity index (χ1) is 12.9. The molecule has 0 aromatic heterocycles. The summed E-state index contributed by atoms with van der Waals surface area (Å²) in [5, 5.41) is 0. The zero-order valence-corrected chi connectivity index (χ0v) is 18.2. The molecule has 3 rings (SSSR count). The maximum absolute atomic E-state index is 13.0. The summed E-state index contributed by atoms with van der Waals surface area (Å²) in [6, 6.07) is 11.7. The number of rotatable bonds is 5. The largest absolute Gasteiger partial charge is 0.489 e. The van der Waals surface area contributed by atoms with Gasteiger partial charge in [-0.05, 0) is 49.8 Å². The molecule has 1 amide bonds. The summed E-state index contributed by atoms with van der Waals surface area (Å²) in [5.74, 6) is 0.571. The molecule has 27 heavy (non-hydrogen) atoms. The van der Waals surface area contributed by atoms with E-state index in [1.807, 2.05) is 56.3 Å². The first-order valence-electron chi connectivity index (χ1n) is 8.29. The third-order valence-electron chi connectivity index (χ3n) is 4.00. The highest BCUT2D eigenvalue weighted by Crippen LogP contribution is 2.38. The number of hydrogen-bond acceptors (Lipinski definition) is 4. The van der Waals surface area contributed by atoms with Crippen molar-refractivity contribution in [1.29, 1.82) is 0 Å². The molecule has 0 N–H and O–H groups in total. The molecule has 1 heterocycles. The number of carbonyl (C=O) groups is 1. The first kappa shape index (κ1) is 19.9. The number of halogens is 1. The third kappa shape index (κ3) is 4.34. The SMILES string of the molecule is C=CCOc1ccc(Br)cc1/C=C1\SC(=S)N(c2ccc(C)cc2C)C1=O. The van der Waals surface area contributed by atoms with Crippen molar-refractivity contribution in [3.05, 3.63) is 75.1 Å². The molecule has 0 radical (unpaired) electrons. The van der Waals surface area contributed by atoms with Gasteiger partial charge in [-0.15, -0.1) is 0 Å². The highest BCUT2D eigenvalue weighted by molar-refractivity contribution is 9.10. The Morgan fingerprint density at radius 3 is 2.74 bits per heavy atom. The van der Waals surface area contributed by atoms with Crippen molar-refractivity contribution in [1.82, 2.24) is 0 Å². The predicted molar refractivity (Wildman–Crippen MR) is 121 cm³/mol. The number of aryl methyl sites for hydroxylation is 2. The Hall–Kier alpha value is -1.89. The fourth-order valence-corrected chi connectivity index (χ4v) is 4.44. The van der Waals surface area contributed by atoms with E-state index in [-0.39, 0.29) is 5.91 Å². The summed E-state index contributed by atoms with van der Waals surface area (Å²) in [6.45, 7) is 8.08. The van der Waals surface area contributed by atoms with Crippen molar-refractivity contribution >= 4 is 61.9 Å². The molecule has 1 aliphatic rings. The number of amides is 1. The van der Waals surface area contributed by atoms with Crippen LogP contribution in [0.2, 0.25) is 0 Å². The number of anilines is 1. The number of ether oxygens (including phenoxy) is 1. The van der Waals surface area contributed by atoms with E-state index in [1.54, 1.807) is 11.0 Å². The van der Waals surface area contributed by atoms with E-state index in [1.165, 1.54) is 11.8 Å². The van der Waals surface area contributed by atoms with Crippen molar-refractivity contribution in [2.45, 2.75) is 13.8 Å². The molecule has 1 saturated heterocycles. The van der Waals surface area contributed by atoms with Crippen LogP contribution in [0.3, 0.4) is 0 Å². The first-order valence-corrected chi connectivity index (χ1v) is 10.3. The lowest BCUT2D eigenvalue weighted by Gasteiger charge is -2.17. The van der Waals surface area contributed by atoms with E-state index >= 15 is 0 Å². The Morgan fingerprint density at radius 1 is 1.26 bits per heavy atom. The van der Waals surface area contributed by atoms with Gasteiger partial charge in [-0.25, -0.2) is 0 Å². The Morgan fingerprint density at radius 2 is 2.04 bits per heavy atom. The fourth-order valence-electron chi connectivity index (χ4n) is 2.79. The van der Waals surface area contributed by atoms with Gasteiger partial charge in [0.15, 0.2) is 4.32 Å². The van der Waals surface area contributed by atoms with Crippen molar-refractivity contribution in [2.24, 2.45) is 0 Å². The fraction of sp³-hybridized carbons (Fsp3) is 0.143. The van der Waals surface area contributed by atoms with E-state index in [9.17, 15) is 4.79 Å². The van der Waals surface area contributed by atoms with Gasteiger partial charge in [-0.3, -0.25) is 9.69 Å². The van der Waals surface area contributed by atoms with Crippen LogP contribution in [-0.4, -0.2) is 16.8 Å². The van der Waals surface area contributed by atoms with Crippen LogP contribution in [0.4, 0.5) is 5.69 Å². The van der Waals surface area contributed by atoms with E-state index < -0.39 is 0 Å². The summed E-state index contributed by atoms with van der Waals surface area (Å²) in [5.41, 5.74) is 3.80. The van der Waals surface area contributed by atoms with E-state index in [0.29, 0.717) is 21.6 Å². The number of benzene rings is 2. The number of nitrogens with zero attached hydrogens (tertiary/aromatic N) is 1. The van der Waals surface area contributed by atoms with Crippen LogP contribution >= 0.6 is 39.9 Å². The lowest BCUT2D eigenvalue weighted by atomic mass is 10.1. The molecule has 3 nitrogen and oxygen atoms in total. The smallest absolute Gasteiger partial charge is 0.270 e. The maximum Gasteiger partial charge on any atom is 0.270 e. The van der Waals surface area contributed by atoms with Crippen LogP contribution in [0.5, 0.6) is 5.75 Å². The van der Waals surface area contributed by atoms with Gasteiger partial charge in [-0.2, -0.15) is 0 Å². The summed E-state index contributed by atoms with van der Waals surface area (Å²) < 4.78 is 7.14. The molecule has 0 unspecified atom stereocenters. The molecular weight excluding hydrogens is 442 g/mol. The second kappa shape index (κ2) is 8.42. The quantitative estimate of drug-likeness (QED) is 0.309. The molecule has 1 aliphatic heterocycles. The Kier molecular flexibility index (Phi) is 6.19. The Labute approximate surface area is 177 Å². The lowest BCUT2D eigenvalue weighted by molar-refractivity contribution is -0.113. The van der Waals surface area contributed by atoms with Gasteiger partial charge >= 0.3 is 0 Å². The van der Waals surface area contributed by atoms with Crippen LogP contribution in [-0.2, 0) is 4.79 Å². The van der Waals surface area contributed by atoms with Crippen LogP contribution in [0, 0.1) is 13.8 Å². The average Bonchev–Trinajstić information content (AvgIpc) is 2.88. The molecule has 0 bridgehead atoms. The Balaban J connectivity index is 1.97. The van der Waals surface area contributed by atoms with Gasteiger partial charge < -0.3 is 4.74 Å². The molecular formula is C21H18BrNO2S2. The van der Waals surface area contributed by atoms with Gasteiger partial charge in [0.2, 0.25) is 0 Å². The third-order valence-corrected chi connectivity index (χ3v) is 5.80. The number of carbonyl (C=O) groups excluding carboxylic acids is 1. The van der Waals surface area contributed by atoms with Gasteiger partial charge in [0.05, 0.1) is 10.6 Å². The van der Waals surface area contributed by atoms with Crippen LogP contribution < -0.4 is 9.64 Å². The highest BCUT2D eigenvalue weighted by Gasteiger charge is 2.34. The van der Waals surface area contributed by atoms with Crippen molar-refractivity contribution < 1.29 is 9.53 Å². The molecule has 0 spiro atoms. The van der Waals surface area contributed by atoms with Crippen molar-refractivity contribution in [3.8, 4) is 5.75 Å². The normalized spacial score (nSPS) is 15.5. The highest BCUT2D eigenvalue weighted by atomic mass is 79.9. The zero-order valence-electron chi connectivity index (χ0n) is 15.0. The molecule has 2 aromatic carbocycles. The summed E-state index contributed by atoms with van der Waals surface area (Å²) >= 11 is 10.3. The zero-order chi connectivity index (χ0) is 19.6. The lowest BCUT2D eigenvalue weighted by Crippen LogP contribution is -2.28. The summed E-state index contributed by atoms with van der Waals surface area (Å²) in [4.78, 5) is 15.2. The number of thiocarbonyl (C=S) groups is 1. The second-order valence-corrected chi connectivity index (χ2v) is 8.68. The minimum absolute atomic E-state index is 0.119. The molecule has 138 valence electrons. The predicted octanol–water partition coefficient (Wildman–Crippen LogP) is 6.04. The monoisotopic (exact) mass is 459 g/mol. The van der Waals surface area contributed by atoms with E-state index in [0.717, 1.165) is 26.9 Å². The second-order valence-electron chi connectivity index (χ2n) is 6.09. The van der Waals surface area contributed by atoms with E-state index in [2.05, 4.69) is 22.5 Å². The van der Waals surface area contributed by atoms with Crippen LogP contribution in [0.15, 0.2) is 58.4 Å². The molecule has 0 atom stereocenters. The maximum atomic E-state index is 13.0. The van der Waals surface area contributed by atoms with Crippen molar-refractivity contribution in [2.75, 3.05) is 11.5 Å². The number of hydrogen-bond donors (Lipinski definition) is 0. The molecule has 6 heteroatoms. The van der Waals surface area contributed by atoms with Crippen LogP contribution in [0.1, 0.15) is 16.7 Å². The Bertz CT molecular complexity index is 969. The standard InChI is InChI=1S/C21H18BrNO2S2/c1-4-9-25-18-8-6-16(22)11-15(18)12-19-20(24)23(21(26)27-19)17-7-5-13(2)10-14(17)3/h4-8,10-12H,1,9H2,2-3H3/b19-12-. The van der Waals surface area contributed by atoms with Gasteiger partial charge in [0, 0.05) is 10.0 Å². The minimum Gasteiger partial charge on any atom is -0.489 e. The van der Waals surface area contributed by atoms with Crippen LogP contribution in [0.25, 0.3) is 6.08 Å². The number of thioether (sulfide) groups is 1. The van der Waals surface area contributed by atoms with Gasteiger partial charge in [0.1, 0.15) is 12.4 Å². The van der Waals surface area contributed by atoms with Gasteiger partial charge in [-0.1, -0.05) is 70.3 Å². The minimum atomic E-state index is -0.119. The topological polar surface area (TPSA) is 29.5 Å². The summed E-state index contributed by atoms with van der Waals surface area (Å²) in [7, 11) is 0. The average molecular weight is 460 g/mol. The molecule has 2 aromatic rings. The van der Waals surface area contributed by atoms with E-state index in [4.69, 9.17) is 17.0 Å². The van der Waals surface area contributed by atoms with Gasteiger partial charge in [0.25, 0.3) is 5.91 Å². The molecule has 1 fully saturated rings. The molecule has 0 saturated carbocycles. The summed E-state index contributed by atoms with van der Waals surface area (Å²) in [6.07, 6.45) is 3.51.